The summed E-state index contributed by atoms with van der Waals surface area (Å²) in [5, 5.41) is 2.62. The zero-order valence-corrected chi connectivity index (χ0v) is 17.8. The Kier molecular flexibility index (Phi) is 10.6. The third kappa shape index (κ3) is 5.44. The molecule has 3 aromatic carbocycles. The van der Waals surface area contributed by atoms with Crippen LogP contribution < -0.4 is 0 Å². The summed E-state index contributed by atoms with van der Waals surface area (Å²) in [6.07, 6.45) is 7.78. The number of benzene rings is 3. The minimum absolute atomic E-state index is 0.979. The van der Waals surface area contributed by atoms with Crippen molar-refractivity contribution in [2.75, 3.05) is 0 Å². The SMILES string of the molecule is C1=Cc2ccccc2C(c2cccc3ccccc23)=CC1.CC.CC.CC. The van der Waals surface area contributed by atoms with Crippen LogP contribution in [-0.4, -0.2) is 0 Å². The zero-order valence-electron chi connectivity index (χ0n) is 17.8. The van der Waals surface area contributed by atoms with E-state index in [4.69, 9.17) is 0 Å². The fraction of sp³-hybridized carbons (Fsp3) is 0.259. The van der Waals surface area contributed by atoms with Crippen LogP contribution in [-0.2, 0) is 0 Å². The van der Waals surface area contributed by atoms with E-state index in [1.165, 1.54) is 33.0 Å². The molecule has 0 heterocycles. The van der Waals surface area contributed by atoms with Gasteiger partial charge in [-0.3, -0.25) is 0 Å². The third-order valence-corrected chi connectivity index (χ3v) is 4.09. The number of allylic oxidation sites excluding steroid dienone is 2. The van der Waals surface area contributed by atoms with Gasteiger partial charge < -0.3 is 0 Å². The van der Waals surface area contributed by atoms with Gasteiger partial charge in [-0.05, 0) is 39.5 Å². The lowest BCUT2D eigenvalue weighted by molar-refractivity contribution is 1.42. The van der Waals surface area contributed by atoms with Gasteiger partial charge in [0.15, 0.2) is 0 Å². The maximum Gasteiger partial charge on any atom is -0.0102 e. The predicted molar refractivity (Wildman–Crippen MR) is 125 cm³/mol. The summed E-state index contributed by atoms with van der Waals surface area (Å²) in [5.74, 6) is 0. The highest BCUT2D eigenvalue weighted by Gasteiger charge is 2.12. The van der Waals surface area contributed by atoms with Crippen LogP contribution in [0.15, 0.2) is 78.9 Å². The number of fused-ring (bicyclic) bond motifs is 2. The van der Waals surface area contributed by atoms with Crippen LogP contribution in [0.3, 0.4) is 0 Å². The second-order valence-corrected chi connectivity index (χ2v) is 5.37. The van der Waals surface area contributed by atoms with Gasteiger partial charge in [-0.25, -0.2) is 0 Å². The van der Waals surface area contributed by atoms with Crippen LogP contribution in [0.2, 0.25) is 0 Å². The normalized spacial score (nSPS) is 11.3. The molecule has 142 valence electrons. The smallest absolute Gasteiger partial charge is 0.0102 e. The van der Waals surface area contributed by atoms with E-state index in [-0.39, 0.29) is 0 Å². The predicted octanol–water partition coefficient (Wildman–Crippen LogP) is 8.77. The standard InChI is InChI=1S/C21H16.3C2H6/c1-4-12-18-16(8-1)9-3-6-14-20(18)21-15-7-11-17-10-2-5-13-19(17)21;3*1-2/h1-5,7-15H,6H2;3*1-2H3. The fourth-order valence-electron chi connectivity index (χ4n) is 3.09. The van der Waals surface area contributed by atoms with Crippen molar-refractivity contribution in [1.29, 1.82) is 0 Å². The molecule has 0 fully saturated rings. The molecule has 0 heteroatoms. The van der Waals surface area contributed by atoms with Crippen molar-refractivity contribution in [3.63, 3.8) is 0 Å². The Morgan fingerprint density at radius 1 is 0.593 bits per heavy atom. The minimum Gasteiger partial charge on any atom is -0.0801 e. The molecule has 0 aliphatic heterocycles. The molecule has 0 aromatic heterocycles. The summed E-state index contributed by atoms with van der Waals surface area (Å²) in [6.45, 7) is 12.0. The van der Waals surface area contributed by atoms with E-state index in [1.807, 2.05) is 41.5 Å². The van der Waals surface area contributed by atoms with E-state index in [0.717, 1.165) is 6.42 Å². The summed E-state index contributed by atoms with van der Waals surface area (Å²) in [4.78, 5) is 0. The highest BCUT2D eigenvalue weighted by Crippen LogP contribution is 2.33. The van der Waals surface area contributed by atoms with E-state index in [9.17, 15) is 0 Å². The lowest BCUT2D eigenvalue weighted by Gasteiger charge is -2.13. The number of hydrogen-bond donors (Lipinski definition) is 0. The van der Waals surface area contributed by atoms with Gasteiger partial charge in [0.1, 0.15) is 0 Å². The molecule has 3 aromatic rings. The zero-order chi connectivity index (χ0) is 20.1. The van der Waals surface area contributed by atoms with Crippen molar-refractivity contribution in [1.82, 2.24) is 0 Å². The van der Waals surface area contributed by atoms with Crippen molar-refractivity contribution in [2.24, 2.45) is 0 Å². The molecule has 1 aliphatic carbocycles. The number of rotatable bonds is 1. The summed E-state index contributed by atoms with van der Waals surface area (Å²) in [5.41, 5.74) is 5.29. The van der Waals surface area contributed by atoms with E-state index >= 15 is 0 Å². The fourth-order valence-corrected chi connectivity index (χ4v) is 3.09. The van der Waals surface area contributed by atoms with Gasteiger partial charge in [0.2, 0.25) is 0 Å². The average Bonchev–Trinajstić information content (AvgIpc) is 3.00. The van der Waals surface area contributed by atoms with Crippen molar-refractivity contribution >= 4 is 22.4 Å². The monoisotopic (exact) mass is 358 g/mol. The van der Waals surface area contributed by atoms with Gasteiger partial charge in [-0.2, -0.15) is 0 Å². The Balaban J connectivity index is 0.000000556. The van der Waals surface area contributed by atoms with Gasteiger partial charge in [0, 0.05) is 0 Å². The molecular formula is C27H34. The first kappa shape index (κ1) is 22.4. The van der Waals surface area contributed by atoms with Crippen LogP contribution in [0, 0.1) is 0 Å². The Morgan fingerprint density at radius 2 is 1.19 bits per heavy atom. The summed E-state index contributed by atoms with van der Waals surface area (Å²) in [6, 6.07) is 23.8. The minimum atomic E-state index is 0.979. The summed E-state index contributed by atoms with van der Waals surface area (Å²) >= 11 is 0. The molecule has 0 saturated heterocycles. The first-order valence-electron chi connectivity index (χ1n) is 10.4. The first-order chi connectivity index (χ1) is 13.4. The highest BCUT2D eigenvalue weighted by molar-refractivity contribution is 5.99. The van der Waals surface area contributed by atoms with E-state index in [2.05, 4.69) is 85.0 Å². The van der Waals surface area contributed by atoms with Crippen LogP contribution in [0.1, 0.15) is 64.7 Å². The van der Waals surface area contributed by atoms with Gasteiger partial charge in [0.05, 0.1) is 0 Å². The molecule has 0 unspecified atom stereocenters. The molecule has 0 nitrogen and oxygen atoms in total. The van der Waals surface area contributed by atoms with Crippen molar-refractivity contribution in [2.45, 2.75) is 48.0 Å². The van der Waals surface area contributed by atoms with Gasteiger partial charge in [0.25, 0.3) is 0 Å². The van der Waals surface area contributed by atoms with Crippen molar-refractivity contribution in [3.05, 3.63) is 95.6 Å². The molecule has 0 atom stereocenters. The maximum absolute atomic E-state index is 2.34. The second-order valence-electron chi connectivity index (χ2n) is 5.37. The third-order valence-electron chi connectivity index (χ3n) is 4.09. The molecule has 0 N–H and O–H groups in total. The first-order valence-corrected chi connectivity index (χ1v) is 10.4. The van der Waals surface area contributed by atoms with Crippen LogP contribution in [0.5, 0.6) is 0 Å². The molecule has 0 bridgehead atoms. The van der Waals surface area contributed by atoms with Gasteiger partial charge >= 0.3 is 0 Å². The van der Waals surface area contributed by atoms with Crippen LogP contribution in [0.4, 0.5) is 0 Å². The van der Waals surface area contributed by atoms with Gasteiger partial charge in [-0.1, -0.05) is 127 Å². The van der Waals surface area contributed by atoms with Crippen LogP contribution >= 0.6 is 0 Å². The molecule has 0 radical (unpaired) electrons. The molecule has 0 saturated carbocycles. The summed E-state index contributed by atoms with van der Waals surface area (Å²) in [7, 11) is 0. The molecular weight excluding hydrogens is 324 g/mol. The molecule has 0 amide bonds. The Bertz CT molecular complexity index is 861. The van der Waals surface area contributed by atoms with E-state index in [0.29, 0.717) is 0 Å². The highest BCUT2D eigenvalue weighted by atomic mass is 14.2. The molecule has 4 rings (SSSR count). The molecule has 27 heavy (non-hydrogen) atoms. The molecule has 1 aliphatic rings. The second kappa shape index (κ2) is 12.7. The quantitative estimate of drug-likeness (QED) is 0.408. The average molecular weight is 359 g/mol. The number of hydrogen-bond acceptors (Lipinski definition) is 0. The Labute approximate surface area is 166 Å². The largest absolute Gasteiger partial charge is 0.0801 e. The van der Waals surface area contributed by atoms with Crippen molar-refractivity contribution < 1.29 is 0 Å². The molecule has 0 spiro atoms. The van der Waals surface area contributed by atoms with Crippen LogP contribution in [0.25, 0.3) is 22.4 Å². The Hall–Kier alpha value is -2.60. The van der Waals surface area contributed by atoms with E-state index < -0.39 is 0 Å². The lowest BCUT2D eigenvalue weighted by atomic mass is 9.91. The van der Waals surface area contributed by atoms with Crippen molar-refractivity contribution in [3.8, 4) is 0 Å². The van der Waals surface area contributed by atoms with Gasteiger partial charge in [-0.15, -0.1) is 0 Å². The Morgan fingerprint density at radius 3 is 1.96 bits per heavy atom. The lowest BCUT2D eigenvalue weighted by Crippen LogP contribution is -1.92. The maximum atomic E-state index is 2.34. The summed E-state index contributed by atoms with van der Waals surface area (Å²) < 4.78 is 0. The topological polar surface area (TPSA) is 0 Å². The van der Waals surface area contributed by atoms with E-state index in [1.54, 1.807) is 0 Å².